The van der Waals surface area contributed by atoms with Gasteiger partial charge in [-0.25, -0.2) is 0 Å². The topological polar surface area (TPSA) is 63.6 Å². The van der Waals surface area contributed by atoms with E-state index in [-0.39, 0.29) is 23.7 Å². The lowest BCUT2D eigenvalue weighted by Gasteiger charge is -2.23. The van der Waals surface area contributed by atoms with E-state index in [1.54, 1.807) is 0 Å². The zero-order valence-corrected chi connectivity index (χ0v) is 11.9. The molecule has 20 heavy (non-hydrogen) atoms. The number of hydrogen-bond donors (Lipinski definition) is 1. The summed E-state index contributed by atoms with van der Waals surface area (Å²) >= 11 is 0. The van der Waals surface area contributed by atoms with Crippen molar-refractivity contribution in [2.45, 2.75) is 44.9 Å². The number of ether oxygens (including phenoxy) is 1. The average molecular weight is 278 g/mol. The lowest BCUT2D eigenvalue weighted by Crippen LogP contribution is -2.30. The first-order chi connectivity index (χ1) is 9.63. The van der Waals surface area contributed by atoms with E-state index in [4.69, 9.17) is 4.74 Å². The zero-order chi connectivity index (χ0) is 14.3. The summed E-state index contributed by atoms with van der Waals surface area (Å²) in [6.07, 6.45) is 6.74. The number of esters is 1. The average Bonchev–Trinajstić information content (AvgIpc) is 3.05. The molecule has 2 saturated carbocycles. The van der Waals surface area contributed by atoms with Crippen LogP contribution in [0.3, 0.4) is 0 Å². The van der Waals surface area contributed by atoms with Crippen molar-refractivity contribution in [3.63, 3.8) is 0 Å². The quantitative estimate of drug-likeness (QED) is 0.623. The lowest BCUT2D eigenvalue weighted by atomic mass is 9.81. The zero-order valence-electron chi connectivity index (χ0n) is 11.9. The minimum Gasteiger partial charge on any atom is -0.481 e. The molecule has 3 aliphatic rings. The summed E-state index contributed by atoms with van der Waals surface area (Å²) < 4.78 is 4.95. The van der Waals surface area contributed by atoms with E-state index in [0.29, 0.717) is 6.42 Å². The number of carbonyl (C=O) groups is 2. The number of aliphatic carboxylic acids is 1. The number of rotatable bonds is 2. The molecule has 2 fully saturated rings. The Kier molecular flexibility index (Phi) is 3.57. The molecule has 0 unspecified atom stereocenters. The standard InChI is InChI=1S/C16H22O4/c1-20-16(19)14-8-13(15(17)18)11-6-2-4-9(11)10-5-3-7-12(10)14/h11-14H,2-8H2,1H3,(H,17,18)/t11-,12+,13-,14+/m0/s1. The highest BCUT2D eigenvalue weighted by atomic mass is 16.5. The first-order valence-electron chi connectivity index (χ1n) is 7.66. The molecule has 0 aromatic carbocycles. The number of hydrogen-bond acceptors (Lipinski definition) is 3. The fourth-order valence-corrected chi connectivity index (χ4v) is 4.72. The third-order valence-electron chi connectivity index (χ3n) is 5.53. The Balaban J connectivity index is 2.03. The molecular weight excluding hydrogens is 256 g/mol. The molecule has 1 N–H and O–H groups in total. The Bertz CT molecular complexity index is 465. The predicted molar refractivity (Wildman–Crippen MR) is 73.0 cm³/mol. The minimum atomic E-state index is -0.746. The molecule has 0 saturated heterocycles. The van der Waals surface area contributed by atoms with Gasteiger partial charge in [0.15, 0.2) is 0 Å². The SMILES string of the molecule is COC(=O)[C@@H]1C[C@H](C(=O)O)[C@H]2CCCC2=C2CCC[C@H]21. The Morgan fingerprint density at radius 1 is 1.05 bits per heavy atom. The molecule has 0 spiro atoms. The molecule has 3 rings (SSSR count). The van der Waals surface area contributed by atoms with E-state index in [1.165, 1.54) is 18.3 Å². The van der Waals surface area contributed by atoms with E-state index >= 15 is 0 Å². The van der Waals surface area contributed by atoms with Crippen LogP contribution in [0.1, 0.15) is 44.9 Å². The van der Waals surface area contributed by atoms with Crippen molar-refractivity contribution in [1.82, 2.24) is 0 Å². The smallest absolute Gasteiger partial charge is 0.309 e. The largest absolute Gasteiger partial charge is 0.481 e. The van der Waals surface area contributed by atoms with E-state index in [1.807, 2.05) is 0 Å². The summed E-state index contributed by atoms with van der Waals surface area (Å²) in [7, 11) is 1.41. The number of allylic oxidation sites excluding steroid dienone is 2. The Morgan fingerprint density at radius 2 is 1.60 bits per heavy atom. The van der Waals surface area contributed by atoms with Crippen LogP contribution in [0.4, 0.5) is 0 Å². The highest BCUT2D eigenvalue weighted by molar-refractivity contribution is 5.77. The first kappa shape index (κ1) is 13.7. The van der Waals surface area contributed by atoms with Gasteiger partial charge in [0.1, 0.15) is 0 Å². The van der Waals surface area contributed by atoms with E-state index in [9.17, 15) is 14.7 Å². The predicted octanol–water partition coefficient (Wildman–Crippen LogP) is 2.78. The van der Waals surface area contributed by atoms with Gasteiger partial charge < -0.3 is 9.84 Å². The molecular formula is C16H22O4. The third-order valence-corrected chi connectivity index (χ3v) is 5.53. The number of carboxylic acid groups (broad SMARTS) is 1. The Morgan fingerprint density at radius 3 is 2.10 bits per heavy atom. The molecule has 0 aromatic heterocycles. The number of carbonyl (C=O) groups excluding carboxylic acids is 1. The Labute approximate surface area is 119 Å². The van der Waals surface area contributed by atoms with Gasteiger partial charge in [0.05, 0.1) is 18.9 Å². The molecule has 4 heteroatoms. The van der Waals surface area contributed by atoms with Crippen LogP contribution in [-0.4, -0.2) is 24.2 Å². The van der Waals surface area contributed by atoms with Crippen LogP contribution in [0.15, 0.2) is 11.1 Å². The highest BCUT2D eigenvalue weighted by Crippen LogP contribution is 2.52. The molecule has 4 atom stereocenters. The van der Waals surface area contributed by atoms with Crippen LogP contribution >= 0.6 is 0 Å². The van der Waals surface area contributed by atoms with Gasteiger partial charge in [-0.15, -0.1) is 0 Å². The van der Waals surface area contributed by atoms with Gasteiger partial charge in [-0.3, -0.25) is 9.59 Å². The molecule has 0 aliphatic heterocycles. The van der Waals surface area contributed by atoms with Crippen molar-refractivity contribution in [2.24, 2.45) is 23.7 Å². The maximum Gasteiger partial charge on any atom is 0.309 e. The highest BCUT2D eigenvalue weighted by Gasteiger charge is 2.46. The van der Waals surface area contributed by atoms with Gasteiger partial charge in [0, 0.05) is 0 Å². The molecule has 0 heterocycles. The lowest BCUT2D eigenvalue weighted by molar-refractivity contribution is -0.150. The third kappa shape index (κ3) is 2.05. The molecule has 3 aliphatic carbocycles. The van der Waals surface area contributed by atoms with Gasteiger partial charge in [0.2, 0.25) is 0 Å². The van der Waals surface area contributed by atoms with E-state index in [0.717, 1.165) is 38.5 Å². The molecule has 0 aromatic rings. The summed E-state index contributed by atoms with van der Waals surface area (Å²) in [6, 6.07) is 0. The second kappa shape index (κ2) is 5.23. The normalized spacial score (nSPS) is 36.2. The fraction of sp³-hybridized carbons (Fsp3) is 0.750. The summed E-state index contributed by atoms with van der Waals surface area (Å²) in [5.74, 6) is -1.23. The van der Waals surface area contributed by atoms with Crippen molar-refractivity contribution >= 4 is 11.9 Å². The molecule has 0 radical (unpaired) electrons. The maximum absolute atomic E-state index is 12.1. The fourth-order valence-electron chi connectivity index (χ4n) is 4.72. The van der Waals surface area contributed by atoms with Crippen molar-refractivity contribution in [3.05, 3.63) is 11.1 Å². The molecule has 0 bridgehead atoms. The van der Waals surface area contributed by atoms with Crippen LogP contribution in [0.2, 0.25) is 0 Å². The van der Waals surface area contributed by atoms with Gasteiger partial charge >= 0.3 is 11.9 Å². The molecule has 110 valence electrons. The summed E-state index contributed by atoms with van der Waals surface area (Å²) in [5, 5.41) is 9.57. The van der Waals surface area contributed by atoms with Crippen LogP contribution in [-0.2, 0) is 14.3 Å². The van der Waals surface area contributed by atoms with Crippen LogP contribution < -0.4 is 0 Å². The number of carboxylic acids is 1. The van der Waals surface area contributed by atoms with Crippen LogP contribution in [0.25, 0.3) is 0 Å². The van der Waals surface area contributed by atoms with Crippen LogP contribution in [0, 0.1) is 23.7 Å². The summed E-state index contributed by atoms with van der Waals surface area (Å²) in [5.41, 5.74) is 2.79. The number of methoxy groups -OCH3 is 1. The summed E-state index contributed by atoms with van der Waals surface area (Å²) in [4.78, 5) is 23.8. The monoisotopic (exact) mass is 278 g/mol. The van der Waals surface area contributed by atoms with Crippen LogP contribution in [0.5, 0.6) is 0 Å². The second-order valence-corrected chi connectivity index (χ2v) is 6.36. The summed E-state index contributed by atoms with van der Waals surface area (Å²) in [6.45, 7) is 0. The first-order valence-corrected chi connectivity index (χ1v) is 7.66. The Hall–Kier alpha value is -1.32. The van der Waals surface area contributed by atoms with E-state index in [2.05, 4.69) is 0 Å². The van der Waals surface area contributed by atoms with Gasteiger partial charge in [-0.05, 0) is 56.8 Å². The van der Waals surface area contributed by atoms with Crippen molar-refractivity contribution in [1.29, 1.82) is 0 Å². The molecule has 4 nitrogen and oxygen atoms in total. The van der Waals surface area contributed by atoms with Crippen molar-refractivity contribution < 1.29 is 19.4 Å². The van der Waals surface area contributed by atoms with Gasteiger partial charge in [-0.2, -0.15) is 0 Å². The second-order valence-electron chi connectivity index (χ2n) is 6.36. The number of fused-ring (bicyclic) bond motifs is 2. The van der Waals surface area contributed by atoms with Crippen molar-refractivity contribution in [2.75, 3.05) is 7.11 Å². The molecule has 0 amide bonds. The van der Waals surface area contributed by atoms with E-state index < -0.39 is 11.9 Å². The van der Waals surface area contributed by atoms with Gasteiger partial charge in [0.25, 0.3) is 0 Å². The maximum atomic E-state index is 12.1. The minimum absolute atomic E-state index is 0.165. The van der Waals surface area contributed by atoms with Crippen molar-refractivity contribution in [3.8, 4) is 0 Å². The van der Waals surface area contributed by atoms with Gasteiger partial charge in [-0.1, -0.05) is 11.1 Å².